The number of nitrogens with zero attached hydrogens (tertiary/aromatic N) is 3. The van der Waals surface area contributed by atoms with Crippen LogP contribution in [0.15, 0.2) is 24.4 Å². The molecular formula is C12H17N3O. The van der Waals surface area contributed by atoms with Crippen molar-refractivity contribution in [1.82, 2.24) is 14.8 Å². The Balaban J connectivity index is 2.19. The summed E-state index contributed by atoms with van der Waals surface area (Å²) in [6.45, 7) is 0.832. The number of urea groups is 1. The first kappa shape index (κ1) is 10.9. The van der Waals surface area contributed by atoms with Crippen molar-refractivity contribution in [3.8, 4) is 0 Å². The molecule has 1 saturated heterocycles. The Labute approximate surface area is 95.9 Å². The number of carbonyl (C=O) groups excluding carboxylic acids is 1. The van der Waals surface area contributed by atoms with Crippen LogP contribution in [0.5, 0.6) is 0 Å². The predicted octanol–water partition coefficient (Wildman–Crippen LogP) is 1.90. The van der Waals surface area contributed by atoms with Crippen LogP contribution in [0.25, 0.3) is 0 Å². The molecule has 1 fully saturated rings. The van der Waals surface area contributed by atoms with Crippen molar-refractivity contribution in [3.05, 3.63) is 30.1 Å². The van der Waals surface area contributed by atoms with Crippen molar-refractivity contribution in [2.75, 3.05) is 20.6 Å². The highest BCUT2D eigenvalue weighted by molar-refractivity contribution is 5.74. The minimum atomic E-state index is 0.0770. The first-order chi connectivity index (χ1) is 7.70. The van der Waals surface area contributed by atoms with Gasteiger partial charge in [-0.1, -0.05) is 6.07 Å². The highest BCUT2D eigenvalue weighted by Gasteiger charge is 2.31. The largest absolute Gasteiger partial charge is 0.331 e. The number of hydrogen-bond acceptors (Lipinski definition) is 2. The zero-order valence-corrected chi connectivity index (χ0v) is 9.76. The van der Waals surface area contributed by atoms with Gasteiger partial charge in [-0.05, 0) is 25.0 Å². The topological polar surface area (TPSA) is 36.4 Å². The van der Waals surface area contributed by atoms with Crippen LogP contribution >= 0.6 is 0 Å². The molecule has 0 N–H and O–H groups in total. The van der Waals surface area contributed by atoms with Crippen molar-refractivity contribution < 1.29 is 4.79 Å². The SMILES string of the molecule is CN(C)C(=O)N1CCCC1c1ccccn1. The maximum absolute atomic E-state index is 12.0. The fourth-order valence-corrected chi connectivity index (χ4v) is 2.13. The maximum atomic E-state index is 12.0. The summed E-state index contributed by atoms with van der Waals surface area (Å²) in [6.07, 6.45) is 3.85. The highest BCUT2D eigenvalue weighted by atomic mass is 16.2. The van der Waals surface area contributed by atoms with Gasteiger partial charge in [0, 0.05) is 26.8 Å². The zero-order valence-electron chi connectivity index (χ0n) is 9.76. The van der Waals surface area contributed by atoms with Crippen molar-refractivity contribution in [2.45, 2.75) is 18.9 Å². The van der Waals surface area contributed by atoms with Gasteiger partial charge in [0.05, 0.1) is 11.7 Å². The van der Waals surface area contributed by atoms with Gasteiger partial charge in [0.15, 0.2) is 0 Å². The molecule has 2 rings (SSSR count). The molecule has 0 spiro atoms. The predicted molar refractivity (Wildman–Crippen MR) is 62.0 cm³/mol. The standard InChI is InChI=1S/C12H17N3O/c1-14(2)12(16)15-9-5-7-11(15)10-6-3-4-8-13-10/h3-4,6,8,11H,5,7,9H2,1-2H3. The van der Waals surface area contributed by atoms with Crippen molar-refractivity contribution in [3.63, 3.8) is 0 Å². The average Bonchev–Trinajstić information content (AvgIpc) is 2.77. The van der Waals surface area contributed by atoms with Crippen molar-refractivity contribution in [2.24, 2.45) is 0 Å². The monoisotopic (exact) mass is 219 g/mol. The number of carbonyl (C=O) groups is 1. The van der Waals surface area contributed by atoms with E-state index in [2.05, 4.69) is 4.98 Å². The molecule has 0 aliphatic carbocycles. The van der Waals surface area contributed by atoms with E-state index in [9.17, 15) is 4.79 Å². The van der Waals surface area contributed by atoms with Gasteiger partial charge in [0.25, 0.3) is 0 Å². The van der Waals surface area contributed by atoms with Crippen LogP contribution in [-0.4, -0.2) is 41.5 Å². The Hall–Kier alpha value is -1.58. The van der Waals surface area contributed by atoms with E-state index in [0.29, 0.717) is 0 Å². The Morgan fingerprint density at radius 3 is 2.94 bits per heavy atom. The van der Waals surface area contributed by atoms with Gasteiger partial charge in [-0.2, -0.15) is 0 Å². The summed E-state index contributed by atoms with van der Waals surface area (Å²) >= 11 is 0. The lowest BCUT2D eigenvalue weighted by Crippen LogP contribution is -2.38. The molecule has 1 aliphatic heterocycles. The molecule has 86 valence electrons. The lowest BCUT2D eigenvalue weighted by molar-refractivity contribution is 0.165. The summed E-state index contributed by atoms with van der Waals surface area (Å²) in [5.41, 5.74) is 0.996. The lowest BCUT2D eigenvalue weighted by Gasteiger charge is -2.27. The lowest BCUT2D eigenvalue weighted by atomic mass is 10.1. The second-order valence-corrected chi connectivity index (χ2v) is 4.28. The fourth-order valence-electron chi connectivity index (χ4n) is 2.13. The van der Waals surface area contributed by atoms with Crippen molar-refractivity contribution in [1.29, 1.82) is 0 Å². The average molecular weight is 219 g/mol. The number of likely N-dealkylation sites (tertiary alicyclic amines) is 1. The van der Waals surface area contributed by atoms with Gasteiger partial charge in [0.2, 0.25) is 0 Å². The molecule has 2 heterocycles. The normalized spacial score (nSPS) is 19.9. The van der Waals surface area contributed by atoms with Crippen LogP contribution in [0.4, 0.5) is 4.79 Å². The van der Waals surface area contributed by atoms with E-state index in [4.69, 9.17) is 0 Å². The van der Waals surface area contributed by atoms with Gasteiger partial charge < -0.3 is 9.80 Å². The Morgan fingerprint density at radius 1 is 1.50 bits per heavy atom. The summed E-state index contributed by atoms with van der Waals surface area (Å²) in [5, 5.41) is 0. The molecule has 0 radical (unpaired) electrons. The number of amides is 2. The summed E-state index contributed by atoms with van der Waals surface area (Å²) in [7, 11) is 3.58. The Morgan fingerprint density at radius 2 is 2.31 bits per heavy atom. The number of hydrogen-bond donors (Lipinski definition) is 0. The van der Waals surface area contributed by atoms with E-state index in [-0.39, 0.29) is 12.1 Å². The molecule has 1 unspecified atom stereocenters. The molecule has 2 amide bonds. The minimum Gasteiger partial charge on any atom is -0.331 e. The molecular weight excluding hydrogens is 202 g/mol. The Kier molecular flexibility index (Phi) is 3.08. The third-order valence-corrected chi connectivity index (χ3v) is 2.91. The molecule has 1 aromatic rings. The molecule has 1 atom stereocenters. The maximum Gasteiger partial charge on any atom is 0.320 e. The van der Waals surface area contributed by atoms with E-state index in [0.717, 1.165) is 25.1 Å². The number of rotatable bonds is 1. The van der Waals surface area contributed by atoms with E-state index in [1.807, 2.05) is 23.1 Å². The third-order valence-electron chi connectivity index (χ3n) is 2.91. The number of pyridine rings is 1. The molecule has 16 heavy (non-hydrogen) atoms. The minimum absolute atomic E-state index is 0.0770. The van der Waals surface area contributed by atoms with Crippen LogP contribution in [-0.2, 0) is 0 Å². The van der Waals surface area contributed by atoms with Crippen LogP contribution in [0.3, 0.4) is 0 Å². The summed E-state index contributed by atoms with van der Waals surface area (Å²) in [5.74, 6) is 0. The van der Waals surface area contributed by atoms with Gasteiger partial charge in [-0.25, -0.2) is 4.79 Å². The second kappa shape index (κ2) is 4.51. The van der Waals surface area contributed by atoms with E-state index in [1.54, 1.807) is 25.2 Å². The number of aromatic nitrogens is 1. The fraction of sp³-hybridized carbons (Fsp3) is 0.500. The molecule has 1 aromatic heterocycles. The highest BCUT2D eigenvalue weighted by Crippen LogP contribution is 2.30. The first-order valence-corrected chi connectivity index (χ1v) is 5.59. The molecule has 1 aliphatic rings. The van der Waals surface area contributed by atoms with Crippen molar-refractivity contribution >= 4 is 6.03 Å². The van der Waals surface area contributed by atoms with Gasteiger partial charge >= 0.3 is 6.03 Å². The summed E-state index contributed by atoms with van der Waals surface area (Å²) in [4.78, 5) is 19.8. The van der Waals surface area contributed by atoms with Crippen LogP contribution < -0.4 is 0 Å². The summed E-state index contributed by atoms with van der Waals surface area (Å²) < 4.78 is 0. The van der Waals surface area contributed by atoms with Crippen LogP contribution in [0, 0.1) is 0 Å². The Bertz CT molecular complexity index is 364. The molecule has 0 saturated carbocycles. The van der Waals surface area contributed by atoms with E-state index < -0.39 is 0 Å². The smallest absolute Gasteiger partial charge is 0.320 e. The van der Waals surface area contributed by atoms with E-state index >= 15 is 0 Å². The van der Waals surface area contributed by atoms with Gasteiger partial charge in [-0.3, -0.25) is 4.98 Å². The van der Waals surface area contributed by atoms with Crippen LogP contribution in [0.1, 0.15) is 24.6 Å². The molecule has 4 nitrogen and oxygen atoms in total. The van der Waals surface area contributed by atoms with Gasteiger partial charge in [0.1, 0.15) is 0 Å². The molecule has 4 heteroatoms. The van der Waals surface area contributed by atoms with E-state index in [1.165, 1.54) is 0 Å². The van der Waals surface area contributed by atoms with Gasteiger partial charge in [-0.15, -0.1) is 0 Å². The molecule has 0 bridgehead atoms. The second-order valence-electron chi connectivity index (χ2n) is 4.28. The quantitative estimate of drug-likeness (QED) is 0.723. The molecule has 0 aromatic carbocycles. The summed E-state index contributed by atoms with van der Waals surface area (Å²) in [6, 6.07) is 6.09. The first-order valence-electron chi connectivity index (χ1n) is 5.59. The third kappa shape index (κ3) is 2.01. The van der Waals surface area contributed by atoms with Crippen LogP contribution in [0.2, 0.25) is 0 Å². The zero-order chi connectivity index (χ0) is 11.5.